The smallest absolute Gasteiger partial charge is 0.349 e. The van der Waals surface area contributed by atoms with E-state index in [1.165, 1.54) is 6.08 Å². The summed E-state index contributed by atoms with van der Waals surface area (Å²) in [5.74, 6) is -1.31. The Balaban J connectivity index is 2.00. The molecular formula is C23H27N3O4. The maximum Gasteiger partial charge on any atom is 0.349 e. The minimum atomic E-state index is -0.837. The van der Waals surface area contributed by atoms with E-state index < -0.39 is 18.5 Å². The number of hydrogen-bond acceptors (Lipinski definition) is 5. The standard InChI is InChI=1S/C23H27N3O4/c1-5-18-6-8-21(9-7-18)25-22(27)15-30-23(28)20(14-24)13-19-12-16(2)26(17(19)3)10-11-29-4/h6-9,12-13H,5,10-11,15H2,1-4H3,(H,25,27)/b20-13+. The van der Waals surface area contributed by atoms with E-state index in [9.17, 15) is 14.9 Å². The van der Waals surface area contributed by atoms with E-state index in [0.717, 1.165) is 28.9 Å². The number of nitrogens with zero attached hydrogens (tertiary/aromatic N) is 2. The number of ether oxygens (including phenoxy) is 2. The molecule has 0 saturated carbocycles. The molecule has 0 spiro atoms. The van der Waals surface area contributed by atoms with Gasteiger partial charge in [-0.25, -0.2) is 4.79 Å². The van der Waals surface area contributed by atoms with Crippen molar-refractivity contribution < 1.29 is 19.1 Å². The number of benzene rings is 1. The molecular weight excluding hydrogens is 382 g/mol. The van der Waals surface area contributed by atoms with Crippen molar-refractivity contribution >= 4 is 23.6 Å². The number of amides is 1. The van der Waals surface area contributed by atoms with Gasteiger partial charge in [-0.3, -0.25) is 4.79 Å². The zero-order valence-electron chi connectivity index (χ0n) is 17.8. The molecule has 158 valence electrons. The van der Waals surface area contributed by atoms with Crippen LogP contribution in [0.15, 0.2) is 35.9 Å². The van der Waals surface area contributed by atoms with Gasteiger partial charge in [-0.05, 0) is 55.7 Å². The van der Waals surface area contributed by atoms with Crippen LogP contribution in [0.5, 0.6) is 0 Å². The molecule has 2 rings (SSSR count). The second-order valence-corrected chi connectivity index (χ2v) is 6.82. The van der Waals surface area contributed by atoms with E-state index in [2.05, 4.69) is 5.32 Å². The van der Waals surface area contributed by atoms with E-state index in [1.807, 2.05) is 49.6 Å². The fourth-order valence-corrected chi connectivity index (χ4v) is 3.02. The number of methoxy groups -OCH3 is 1. The summed E-state index contributed by atoms with van der Waals surface area (Å²) >= 11 is 0. The van der Waals surface area contributed by atoms with Crippen LogP contribution in [0.4, 0.5) is 5.69 Å². The highest BCUT2D eigenvalue weighted by Crippen LogP contribution is 2.19. The number of nitrogens with one attached hydrogen (secondary N) is 1. The maximum atomic E-state index is 12.3. The molecule has 1 aromatic carbocycles. The number of carbonyl (C=O) groups excluding carboxylic acids is 2. The van der Waals surface area contributed by atoms with Crippen molar-refractivity contribution in [1.29, 1.82) is 5.26 Å². The number of anilines is 1. The van der Waals surface area contributed by atoms with Crippen LogP contribution in [0, 0.1) is 25.2 Å². The number of aromatic nitrogens is 1. The second-order valence-electron chi connectivity index (χ2n) is 6.82. The monoisotopic (exact) mass is 409 g/mol. The summed E-state index contributed by atoms with van der Waals surface area (Å²) in [4.78, 5) is 24.3. The summed E-state index contributed by atoms with van der Waals surface area (Å²) in [6.07, 6.45) is 2.39. The lowest BCUT2D eigenvalue weighted by molar-refractivity contribution is -0.142. The average Bonchev–Trinajstić information content (AvgIpc) is 3.01. The van der Waals surface area contributed by atoms with Crippen LogP contribution in [0.1, 0.15) is 29.4 Å². The number of aryl methyl sites for hydroxylation is 2. The van der Waals surface area contributed by atoms with Gasteiger partial charge in [-0.1, -0.05) is 19.1 Å². The average molecular weight is 409 g/mol. The Morgan fingerprint density at radius 1 is 1.23 bits per heavy atom. The molecule has 7 heteroatoms. The lowest BCUT2D eigenvalue weighted by Gasteiger charge is -2.08. The third kappa shape index (κ3) is 6.06. The molecule has 0 atom stereocenters. The Bertz CT molecular complexity index is 966. The van der Waals surface area contributed by atoms with E-state index in [0.29, 0.717) is 18.8 Å². The third-order valence-electron chi connectivity index (χ3n) is 4.75. The lowest BCUT2D eigenvalue weighted by atomic mass is 10.1. The van der Waals surface area contributed by atoms with Gasteiger partial charge in [0.05, 0.1) is 6.61 Å². The van der Waals surface area contributed by atoms with E-state index >= 15 is 0 Å². The summed E-state index contributed by atoms with van der Waals surface area (Å²) in [6, 6.07) is 11.2. The first-order chi connectivity index (χ1) is 14.4. The molecule has 0 saturated heterocycles. The number of nitriles is 1. The molecule has 1 amide bonds. The van der Waals surface area contributed by atoms with Crippen LogP contribution < -0.4 is 5.32 Å². The topological polar surface area (TPSA) is 93.4 Å². The molecule has 0 bridgehead atoms. The van der Waals surface area contributed by atoms with Crippen molar-refractivity contribution in [3.05, 3.63) is 58.4 Å². The van der Waals surface area contributed by atoms with Gasteiger partial charge < -0.3 is 19.4 Å². The fraction of sp³-hybridized carbons (Fsp3) is 0.348. The van der Waals surface area contributed by atoms with Gasteiger partial charge in [0.1, 0.15) is 11.6 Å². The number of esters is 1. The summed E-state index contributed by atoms with van der Waals surface area (Å²) in [7, 11) is 1.63. The van der Waals surface area contributed by atoms with Crippen molar-refractivity contribution in [1.82, 2.24) is 4.57 Å². The Morgan fingerprint density at radius 3 is 2.53 bits per heavy atom. The number of carbonyl (C=O) groups is 2. The zero-order valence-corrected chi connectivity index (χ0v) is 17.8. The molecule has 0 unspecified atom stereocenters. The molecule has 30 heavy (non-hydrogen) atoms. The van der Waals surface area contributed by atoms with Crippen LogP contribution in [0.25, 0.3) is 6.08 Å². The molecule has 1 heterocycles. The molecule has 0 aliphatic rings. The van der Waals surface area contributed by atoms with Gasteiger partial charge in [0.2, 0.25) is 0 Å². The summed E-state index contributed by atoms with van der Waals surface area (Å²) in [6.45, 7) is 6.66. The van der Waals surface area contributed by atoms with E-state index in [4.69, 9.17) is 9.47 Å². The van der Waals surface area contributed by atoms with E-state index in [-0.39, 0.29) is 5.57 Å². The Labute approximate surface area is 176 Å². The minimum absolute atomic E-state index is 0.165. The van der Waals surface area contributed by atoms with Crippen molar-refractivity contribution in [3.8, 4) is 6.07 Å². The largest absolute Gasteiger partial charge is 0.451 e. The Morgan fingerprint density at radius 2 is 1.93 bits per heavy atom. The molecule has 0 aliphatic carbocycles. The molecule has 7 nitrogen and oxygen atoms in total. The zero-order chi connectivity index (χ0) is 22.1. The molecule has 1 N–H and O–H groups in total. The van der Waals surface area contributed by atoms with Gasteiger partial charge in [-0.15, -0.1) is 0 Å². The minimum Gasteiger partial charge on any atom is -0.451 e. The van der Waals surface area contributed by atoms with E-state index in [1.54, 1.807) is 19.2 Å². The predicted octanol–water partition coefficient (Wildman–Crippen LogP) is 3.40. The molecule has 2 aromatic rings. The van der Waals surface area contributed by atoms with Crippen molar-refractivity contribution in [2.45, 2.75) is 33.7 Å². The highest BCUT2D eigenvalue weighted by atomic mass is 16.5. The summed E-state index contributed by atoms with van der Waals surface area (Å²) in [5.41, 5.74) is 4.27. The second kappa shape index (κ2) is 11.0. The third-order valence-corrected chi connectivity index (χ3v) is 4.75. The van der Waals surface area contributed by atoms with Gasteiger partial charge in [-0.2, -0.15) is 5.26 Å². The van der Waals surface area contributed by atoms with Crippen molar-refractivity contribution in [2.75, 3.05) is 25.6 Å². The van der Waals surface area contributed by atoms with Crippen LogP contribution in [0.3, 0.4) is 0 Å². The molecule has 0 aliphatic heterocycles. The van der Waals surface area contributed by atoms with Gasteiger partial charge >= 0.3 is 5.97 Å². The Kier molecular flexibility index (Phi) is 8.39. The van der Waals surface area contributed by atoms with Gasteiger partial charge in [0.15, 0.2) is 6.61 Å². The summed E-state index contributed by atoms with van der Waals surface area (Å²) < 4.78 is 12.2. The Hall–Kier alpha value is -3.37. The van der Waals surface area contributed by atoms with Crippen LogP contribution in [-0.4, -0.2) is 36.8 Å². The number of rotatable bonds is 9. The lowest BCUT2D eigenvalue weighted by Crippen LogP contribution is -2.21. The maximum absolute atomic E-state index is 12.3. The van der Waals surface area contributed by atoms with Gasteiger partial charge in [0.25, 0.3) is 5.91 Å². The van der Waals surface area contributed by atoms with Crippen molar-refractivity contribution in [3.63, 3.8) is 0 Å². The summed E-state index contributed by atoms with van der Waals surface area (Å²) in [5, 5.41) is 12.0. The first-order valence-electron chi connectivity index (χ1n) is 9.73. The normalized spacial score (nSPS) is 11.1. The first-order valence-corrected chi connectivity index (χ1v) is 9.73. The van der Waals surface area contributed by atoms with Crippen molar-refractivity contribution in [2.24, 2.45) is 0 Å². The molecule has 0 radical (unpaired) electrons. The van der Waals surface area contributed by atoms with Crippen LogP contribution in [-0.2, 0) is 32.0 Å². The van der Waals surface area contributed by atoms with Crippen LogP contribution >= 0.6 is 0 Å². The quantitative estimate of drug-likeness (QED) is 0.389. The van der Waals surface area contributed by atoms with Crippen LogP contribution in [0.2, 0.25) is 0 Å². The highest BCUT2D eigenvalue weighted by molar-refractivity contribution is 6.00. The number of hydrogen-bond donors (Lipinski definition) is 1. The highest BCUT2D eigenvalue weighted by Gasteiger charge is 2.15. The van der Waals surface area contributed by atoms with Gasteiger partial charge in [0, 0.05) is 30.7 Å². The molecule has 1 aromatic heterocycles. The fourth-order valence-electron chi connectivity index (χ4n) is 3.02. The SMILES string of the molecule is CCc1ccc(NC(=O)COC(=O)/C(C#N)=C/c2cc(C)n(CCOC)c2C)cc1. The predicted molar refractivity (Wildman–Crippen MR) is 115 cm³/mol. The first kappa shape index (κ1) is 22.9. The molecule has 0 fully saturated rings.